The number of amides is 2. The van der Waals surface area contributed by atoms with E-state index in [1.54, 1.807) is 43.3 Å². The number of fused-ring (bicyclic) bond motifs is 1. The molecule has 0 aliphatic carbocycles. The van der Waals surface area contributed by atoms with Crippen molar-refractivity contribution in [2.24, 2.45) is 0 Å². The second-order valence-corrected chi connectivity index (χ2v) is 5.67. The summed E-state index contributed by atoms with van der Waals surface area (Å²) in [5.74, 6) is -1.24. The Morgan fingerprint density at radius 3 is 2.76 bits per heavy atom. The van der Waals surface area contributed by atoms with Crippen LogP contribution in [0.5, 0.6) is 0 Å². The first-order valence-corrected chi connectivity index (χ1v) is 7.85. The number of nitrogens with zero attached hydrogens (tertiary/aromatic N) is 2. The number of carbonyl (C=O) groups excluding carboxylic acids is 3. The Balaban J connectivity index is 1.76. The van der Waals surface area contributed by atoms with Crippen molar-refractivity contribution in [2.45, 2.75) is 19.4 Å². The SMILES string of the molecule is C[C@H]1CC(=O)Nc2ccccc2N1C(=O)COC(=O)c1ccccn1. The fraction of sp³-hybridized carbons (Fsp3) is 0.222. The molecule has 0 saturated heterocycles. The van der Waals surface area contributed by atoms with Crippen LogP contribution in [0.25, 0.3) is 0 Å². The average molecular weight is 339 g/mol. The first-order chi connectivity index (χ1) is 12.1. The van der Waals surface area contributed by atoms with Crippen LogP contribution in [0.3, 0.4) is 0 Å². The van der Waals surface area contributed by atoms with Crippen LogP contribution in [0.2, 0.25) is 0 Å². The first-order valence-electron chi connectivity index (χ1n) is 7.85. The number of nitrogens with one attached hydrogen (secondary N) is 1. The third-order valence-electron chi connectivity index (χ3n) is 3.83. The number of hydrogen-bond donors (Lipinski definition) is 1. The van der Waals surface area contributed by atoms with Crippen molar-refractivity contribution in [1.82, 2.24) is 4.98 Å². The van der Waals surface area contributed by atoms with Gasteiger partial charge >= 0.3 is 5.97 Å². The molecule has 2 amide bonds. The summed E-state index contributed by atoms with van der Waals surface area (Å²) in [7, 11) is 0. The lowest BCUT2D eigenvalue weighted by atomic mass is 10.1. The fourth-order valence-corrected chi connectivity index (χ4v) is 2.72. The normalized spacial score (nSPS) is 16.4. The van der Waals surface area contributed by atoms with Gasteiger partial charge < -0.3 is 15.0 Å². The molecule has 2 heterocycles. The van der Waals surface area contributed by atoms with Crippen molar-refractivity contribution in [2.75, 3.05) is 16.8 Å². The van der Waals surface area contributed by atoms with E-state index in [9.17, 15) is 14.4 Å². The number of benzene rings is 1. The number of esters is 1. The van der Waals surface area contributed by atoms with Gasteiger partial charge in [0.2, 0.25) is 5.91 Å². The second kappa shape index (κ2) is 7.12. The summed E-state index contributed by atoms with van der Waals surface area (Å²) >= 11 is 0. The molecular weight excluding hydrogens is 322 g/mol. The summed E-state index contributed by atoms with van der Waals surface area (Å²) in [5, 5.41) is 2.78. The van der Waals surface area contributed by atoms with E-state index in [-0.39, 0.29) is 24.1 Å². The van der Waals surface area contributed by atoms with E-state index in [0.29, 0.717) is 11.4 Å². The quantitative estimate of drug-likeness (QED) is 0.864. The molecule has 1 aliphatic rings. The molecule has 0 bridgehead atoms. The maximum atomic E-state index is 12.7. The van der Waals surface area contributed by atoms with Crippen molar-refractivity contribution >= 4 is 29.2 Å². The van der Waals surface area contributed by atoms with Crippen LogP contribution in [-0.2, 0) is 14.3 Å². The first kappa shape index (κ1) is 16.6. The predicted octanol–water partition coefficient (Wildman–Crippen LogP) is 2.00. The molecule has 1 aromatic carbocycles. The number of anilines is 2. The van der Waals surface area contributed by atoms with Gasteiger partial charge in [0.25, 0.3) is 5.91 Å². The number of rotatable bonds is 3. The van der Waals surface area contributed by atoms with Gasteiger partial charge in [0.05, 0.1) is 11.4 Å². The maximum Gasteiger partial charge on any atom is 0.357 e. The average Bonchev–Trinajstić information content (AvgIpc) is 2.74. The Morgan fingerprint density at radius 1 is 1.24 bits per heavy atom. The third kappa shape index (κ3) is 3.65. The summed E-state index contributed by atoms with van der Waals surface area (Å²) in [4.78, 5) is 41.9. The highest BCUT2D eigenvalue weighted by Crippen LogP contribution is 2.31. The lowest BCUT2D eigenvalue weighted by Gasteiger charge is -2.27. The van der Waals surface area contributed by atoms with Gasteiger partial charge in [-0.05, 0) is 31.2 Å². The molecule has 25 heavy (non-hydrogen) atoms. The minimum absolute atomic E-state index is 0.136. The number of carbonyl (C=O) groups is 3. The zero-order valence-electron chi connectivity index (χ0n) is 13.6. The number of aromatic nitrogens is 1. The Labute approximate surface area is 144 Å². The van der Waals surface area contributed by atoms with Gasteiger partial charge in [-0.1, -0.05) is 18.2 Å². The van der Waals surface area contributed by atoms with Gasteiger partial charge in [0.15, 0.2) is 6.61 Å². The van der Waals surface area contributed by atoms with Crippen LogP contribution >= 0.6 is 0 Å². The van der Waals surface area contributed by atoms with Crippen LogP contribution in [0.1, 0.15) is 23.8 Å². The highest BCUT2D eigenvalue weighted by molar-refractivity contribution is 6.05. The molecule has 3 rings (SSSR count). The standard InChI is InChI=1S/C18H17N3O4/c1-12-10-16(22)20-13-6-2-3-8-15(13)21(12)17(23)11-25-18(24)14-7-4-5-9-19-14/h2-9,12H,10-11H2,1H3,(H,20,22)/t12-/m0/s1. The lowest BCUT2D eigenvalue weighted by molar-refractivity contribution is -0.122. The zero-order chi connectivity index (χ0) is 17.8. The van der Waals surface area contributed by atoms with Gasteiger partial charge in [0, 0.05) is 18.7 Å². The molecular formula is C18H17N3O4. The second-order valence-electron chi connectivity index (χ2n) is 5.67. The molecule has 1 aliphatic heterocycles. The highest BCUT2D eigenvalue weighted by atomic mass is 16.5. The van der Waals surface area contributed by atoms with Gasteiger partial charge in [-0.3, -0.25) is 9.59 Å². The van der Waals surface area contributed by atoms with Gasteiger partial charge in [-0.2, -0.15) is 0 Å². The van der Waals surface area contributed by atoms with Gasteiger partial charge in [-0.25, -0.2) is 9.78 Å². The van der Waals surface area contributed by atoms with E-state index in [4.69, 9.17) is 4.74 Å². The summed E-state index contributed by atoms with van der Waals surface area (Å²) in [5.41, 5.74) is 1.28. The molecule has 0 fully saturated rings. The molecule has 0 unspecified atom stereocenters. The Kier molecular flexibility index (Phi) is 4.74. The van der Waals surface area contributed by atoms with Gasteiger partial charge in [0.1, 0.15) is 5.69 Å². The van der Waals surface area contributed by atoms with E-state index >= 15 is 0 Å². The maximum absolute atomic E-state index is 12.7. The molecule has 0 spiro atoms. The third-order valence-corrected chi connectivity index (χ3v) is 3.83. The van der Waals surface area contributed by atoms with Gasteiger partial charge in [-0.15, -0.1) is 0 Å². The van der Waals surface area contributed by atoms with Crippen LogP contribution in [0.15, 0.2) is 48.7 Å². The molecule has 128 valence electrons. The number of para-hydroxylation sites is 2. The summed E-state index contributed by atoms with van der Waals surface area (Å²) in [6.45, 7) is 1.35. The Morgan fingerprint density at radius 2 is 2.00 bits per heavy atom. The number of ether oxygens (including phenoxy) is 1. The summed E-state index contributed by atoms with van der Waals surface area (Å²) in [6, 6.07) is 11.5. The molecule has 7 nitrogen and oxygen atoms in total. The monoisotopic (exact) mass is 339 g/mol. The molecule has 0 radical (unpaired) electrons. The van der Waals surface area contributed by atoms with E-state index in [2.05, 4.69) is 10.3 Å². The minimum Gasteiger partial charge on any atom is -0.451 e. The lowest BCUT2D eigenvalue weighted by Crippen LogP contribution is -2.41. The molecule has 7 heteroatoms. The smallest absolute Gasteiger partial charge is 0.357 e. The van der Waals surface area contributed by atoms with Crippen molar-refractivity contribution in [1.29, 1.82) is 0 Å². The predicted molar refractivity (Wildman–Crippen MR) is 91.2 cm³/mol. The topological polar surface area (TPSA) is 88.6 Å². The van der Waals surface area contributed by atoms with Crippen molar-refractivity contribution in [3.8, 4) is 0 Å². The van der Waals surface area contributed by atoms with Crippen LogP contribution in [-0.4, -0.2) is 35.4 Å². The van der Waals surface area contributed by atoms with E-state index < -0.39 is 18.5 Å². The van der Waals surface area contributed by atoms with Crippen LogP contribution < -0.4 is 10.2 Å². The summed E-state index contributed by atoms with van der Waals surface area (Å²) < 4.78 is 5.08. The Hall–Kier alpha value is -3.22. The van der Waals surface area contributed by atoms with E-state index in [1.165, 1.54) is 17.2 Å². The molecule has 1 aromatic heterocycles. The van der Waals surface area contributed by atoms with Crippen molar-refractivity contribution in [3.63, 3.8) is 0 Å². The largest absolute Gasteiger partial charge is 0.451 e. The molecule has 0 saturated carbocycles. The minimum atomic E-state index is -0.668. The van der Waals surface area contributed by atoms with E-state index in [0.717, 1.165) is 0 Å². The fourth-order valence-electron chi connectivity index (χ4n) is 2.72. The van der Waals surface area contributed by atoms with Crippen LogP contribution in [0.4, 0.5) is 11.4 Å². The zero-order valence-corrected chi connectivity index (χ0v) is 13.6. The summed E-state index contributed by atoms with van der Waals surface area (Å²) in [6.07, 6.45) is 1.64. The molecule has 2 aromatic rings. The van der Waals surface area contributed by atoms with Crippen molar-refractivity contribution in [3.05, 3.63) is 54.4 Å². The van der Waals surface area contributed by atoms with Crippen LogP contribution in [0, 0.1) is 0 Å². The number of hydrogen-bond acceptors (Lipinski definition) is 5. The molecule has 1 N–H and O–H groups in total. The number of pyridine rings is 1. The highest BCUT2D eigenvalue weighted by Gasteiger charge is 2.30. The van der Waals surface area contributed by atoms with E-state index in [1.807, 2.05) is 0 Å². The molecule has 1 atom stereocenters. The Bertz CT molecular complexity index is 807. The van der Waals surface area contributed by atoms with Crippen molar-refractivity contribution < 1.29 is 19.1 Å².